The van der Waals surface area contributed by atoms with Crippen LogP contribution in [0.2, 0.25) is 0 Å². The molecule has 0 aliphatic rings. The lowest BCUT2D eigenvalue weighted by molar-refractivity contribution is 0.102. The molecule has 0 saturated heterocycles. The van der Waals surface area contributed by atoms with Crippen LogP contribution in [0.5, 0.6) is 0 Å². The first-order valence-electron chi connectivity index (χ1n) is 5.46. The van der Waals surface area contributed by atoms with Crippen LogP contribution in [0.3, 0.4) is 0 Å². The standard InChI is InChI=1S/C13H15N3O/c1-8-6-9(2)12(10(3)7-8)15-13(17)11-4-5-14-16-11/h4-7H,1-3H3,(H,14,16)(H,15,17). The molecule has 0 aliphatic heterocycles. The van der Waals surface area contributed by atoms with Crippen molar-refractivity contribution < 1.29 is 4.79 Å². The number of amides is 1. The number of aromatic amines is 1. The fourth-order valence-corrected chi connectivity index (χ4v) is 1.94. The molecule has 4 heteroatoms. The number of aryl methyl sites for hydroxylation is 3. The second-order valence-corrected chi connectivity index (χ2v) is 4.20. The Morgan fingerprint density at radius 2 is 1.88 bits per heavy atom. The van der Waals surface area contributed by atoms with Crippen LogP contribution in [0.25, 0.3) is 0 Å². The minimum atomic E-state index is -0.169. The van der Waals surface area contributed by atoms with Gasteiger partial charge in [-0.25, -0.2) is 0 Å². The van der Waals surface area contributed by atoms with E-state index in [4.69, 9.17) is 0 Å². The first-order valence-corrected chi connectivity index (χ1v) is 5.46. The average molecular weight is 229 g/mol. The van der Waals surface area contributed by atoms with E-state index < -0.39 is 0 Å². The topological polar surface area (TPSA) is 57.8 Å². The Labute approximate surface area is 100 Å². The zero-order valence-corrected chi connectivity index (χ0v) is 10.2. The predicted molar refractivity (Wildman–Crippen MR) is 67.2 cm³/mol. The summed E-state index contributed by atoms with van der Waals surface area (Å²) in [5.74, 6) is -0.169. The Morgan fingerprint density at radius 3 is 2.41 bits per heavy atom. The highest BCUT2D eigenvalue weighted by molar-refractivity contribution is 6.03. The molecule has 0 spiro atoms. The van der Waals surface area contributed by atoms with Crippen molar-refractivity contribution in [2.75, 3.05) is 5.32 Å². The van der Waals surface area contributed by atoms with E-state index in [1.165, 1.54) is 5.56 Å². The molecule has 2 N–H and O–H groups in total. The third-order valence-electron chi connectivity index (χ3n) is 2.66. The Bertz CT molecular complexity index is 521. The summed E-state index contributed by atoms with van der Waals surface area (Å²) in [5.41, 5.74) is 4.66. The number of rotatable bonds is 2. The van der Waals surface area contributed by atoms with Crippen LogP contribution in [0.4, 0.5) is 5.69 Å². The molecule has 0 unspecified atom stereocenters. The monoisotopic (exact) mass is 229 g/mol. The molecular formula is C13H15N3O. The van der Waals surface area contributed by atoms with Crippen LogP contribution in [0, 0.1) is 20.8 Å². The zero-order chi connectivity index (χ0) is 12.4. The van der Waals surface area contributed by atoms with Crippen molar-refractivity contribution in [3.05, 3.63) is 46.8 Å². The zero-order valence-electron chi connectivity index (χ0n) is 10.2. The van der Waals surface area contributed by atoms with Gasteiger partial charge in [0.05, 0.1) is 0 Å². The van der Waals surface area contributed by atoms with Crippen molar-refractivity contribution in [2.45, 2.75) is 20.8 Å². The van der Waals surface area contributed by atoms with E-state index in [-0.39, 0.29) is 5.91 Å². The molecule has 0 fully saturated rings. The van der Waals surface area contributed by atoms with Crippen LogP contribution < -0.4 is 5.32 Å². The molecule has 0 aliphatic carbocycles. The van der Waals surface area contributed by atoms with Gasteiger partial charge < -0.3 is 5.32 Å². The minimum absolute atomic E-state index is 0.169. The average Bonchev–Trinajstić information content (AvgIpc) is 2.76. The molecular weight excluding hydrogens is 214 g/mol. The SMILES string of the molecule is Cc1cc(C)c(NC(=O)c2ccn[nH]2)c(C)c1. The number of aromatic nitrogens is 2. The number of anilines is 1. The van der Waals surface area contributed by atoms with Gasteiger partial charge >= 0.3 is 0 Å². The largest absolute Gasteiger partial charge is 0.320 e. The Morgan fingerprint density at radius 1 is 1.24 bits per heavy atom. The van der Waals surface area contributed by atoms with Gasteiger partial charge in [0.25, 0.3) is 5.91 Å². The number of nitrogens with zero attached hydrogens (tertiary/aromatic N) is 1. The fourth-order valence-electron chi connectivity index (χ4n) is 1.94. The third kappa shape index (κ3) is 2.36. The lowest BCUT2D eigenvalue weighted by atomic mass is 10.1. The molecule has 88 valence electrons. The van der Waals surface area contributed by atoms with Crippen LogP contribution in [-0.2, 0) is 0 Å². The highest BCUT2D eigenvalue weighted by atomic mass is 16.1. The van der Waals surface area contributed by atoms with E-state index in [1.807, 2.05) is 20.8 Å². The van der Waals surface area contributed by atoms with Gasteiger partial charge in [0.15, 0.2) is 0 Å². The van der Waals surface area contributed by atoms with Crippen molar-refractivity contribution in [2.24, 2.45) is 0 Å². The first-order chi connectivity index (χ1) is 8.08. The highest BCUT2D eigenvalue weighted by Crippen LogP contribution is 2.22. The number of hydrogen-bond donors (Lipinski definition) is 2. The van der Waals surface area contributed by atoms with Gasteiger partial charge in [-0.1, -0.05) is 17.7 Å². The summed E-state index contributed by atoms with van der Waals surface area (Å²) < 4.78 is 0. The van der Waals surface area contributed by atoms with Crippen LogP contribution >= 0.6 is 0 Å². The maximum atomic E-state index is 11.9. The van der Waals surface area contributed by atoms with E-state index in [1.54, 1.807) is 12.3 Å². The van der Waals surface area contributed by atoms with E-state index in [9.17, 15) is 4.79 Å². The van der Waals surface area contributed by atoms with E-state index in [2.05, 4.69) is 27.6 Å². The summed E-state index contributed by atoms with van der Waals surface area (Å²) in [5, 5.41) is 9.30. The van der Waals surface area contributed by atoms with E-state index in [0.717, 1.165) is 16.8 Å². The summed E-state index contributed by atoms with van der Waals surface area (Å²) in [7, 11) is 0. The molecule has 2 rings (SSSR count). The van der Waals surface area contributed by atoms with Gasteiger partial charge in [-0.05, 0) is 38.0 Å². The predicted octanol–water partition coefficient (Wildman–Crippen LogP) is 2.59. The second-order valence-electron chi connectivity index (χ2n) is 4.20. The molecule has 1 amide bonds. The van der Waals surface area contributed by atoms with Crippen LogP contribution in [0.15, 0.2) is 24.4 Å². The van der Waals surface area contributed by atoms with Gasteiger partial charge in [0.2, 0.25) is 0 Å². The summed E-state index contributed by atoms with van der Waals surface area (Å²) in [4.78, 5) is 11.9. The van der Waals surface area contributed by atoms with Crippen LogP contribution in [-0.4, -0.2) is 16.1 Å². The molecule has 1 aromatic carbocycles. The molecule has 0 bridgehead atoms. The molecule has 2 aromatic rings. The van der Waals surface area contributed by atoms with Gasteiger partial charge in [-0.15, -0.1) is 0 Å². The molecule has 0 atom stereocenters. The van der Waals surface area contributed by atoms with Gasteiger partial charge in [-0.2, -0.15) is 5.10 Å². The molecule has 17 heavy (non-hydrogen) atoms. The number of H-pyrrole nitrogens is 1. The van der Waals surface area contributed by atoms with Crippen molar-refractivity contribution in [1.82, 2.24) is 10.2 Å². The maximum Gasteiger partial charge on any atom is 0.273 e. The van der Waals surface area contributed by atoms with E-state index in [0.29, 0.717) is 5.69 Å². The first kappa shape index (κ1) is 11.4. The maximum absolute atomic E-state index is 11.9. The smallest absolute Gasteiger partial charge is 0.273 e. The Kier molecular flexibility index (Phi) is 2.95. The Hall–Kier alpha value is -2.10. The van der Waals surface area contributed by atoms with E-state index >= 15 is 0 Å². The summed E-state index contributed by atoms with van der Waals surface area (Å²) >= 11 is 0. The minimum Gasteiger partial charge on any atom is -0.320 e. The molecule has 4 nitrogen and oxygen atoms in total. The van der Waals surface area contributed by atoms with Crippen molar-refractivity contribution in [3.63, 3.8) is 0 Å². The summed E-state index contributed by atoms with van der Waals surface area (Å²) in [6, 6.07) is 5.75. The number of nitrogens with one attached hydrogen (secondary N) is 2. The number of benzene rings is 1. The van der Waals surface area contributed by atoms with Gasteiger partial charge in [-0.3, -0.25) is 9.89 Å². The highest BCUT2D eigenvalue weighted by Gasteiger charge is 2.10. The van der Waals surface area contributed by atoms with Crippen molar-refractivity contribution in [1.29, 1.82) is 0 Å². The molecule has 0 saturated carbocycles. The van der Waals surface area contributed by atoms with Crippen molar-refractivity contribution in [3.8, 4) is 0 Å². The Balaban J connectivity index is 2.28. The van der Waals surface area contributed by atoms with Gasteiger partial charge in [0.1, 0.15) is 5.69 Å². The number of hydrogen-bond acceptors (Lipinski definition) is 2. The number of carbonyl (C=O) groups is 1. The molecule has 1 aromatic heterocycles. The number of carbonyl (C=O) groups excluding carboxylic acids is 1. The van der Waals surface area contributed by atoms with Gasteiger partial charge in [0, 0.05) is 11.9 Å². The summed E-state index contributed by atoms with van der Waals surface area (Å²) in [6.07, 6.45) is 1.56. The second kappa shape index (κ2) is 4.41. The normalized spacial score (nSPS) is 10.3. The quantitative estimate of drug-likeness (QED) is 0.831. The lowest BCUT2D eigenvalue weighted by Crippen LogP contribution is -2.14. The third-order valence-corrected chi connectivity index (χ3v) is 2.66. The molecule has 1 heterocycles. The summed E-state index contributed by atoms with van der Waals surface area (Å²) in [6.45, 7) is 6.02. The lowest BCUT2D eigenvalue weighted by Gasteiger charge is -2.12. The molecule has 0 radical (unpaired) electrons. The fraction of sp³-hybridized carbons (Fsp3) is 0.231. The van der Waals surface area contributed by atoms with Crippen LogP contribution in [0.1, 0.15) is 27.2 Å². The van der Waals surface area contributed by atoms with Crippen molar-refractivity contribution >= 4 is 11.6 Å².